The number of aromatic nitrogens is 4. The highest BCUT2D eigenvalue weighted by Crippen LogP contribution is 2.12. The highest BCUT2D eigenvalue weighted by atomic mass is 16.3. The minimum Gasteiger partial charge on any atom is -0.393 e. The van der Waals surface area contributed by atoms with Gasteiger partial charge in [0.25, 0.3) is 5.91 Å². The van der Waals surface area contributed by atoms with Crippen molar-refractivity contribution in [2.24, 2.45) is 0 Å². The molecule has 2 rings (SSSR count). The van der Waals surface area contributed by atoms with Gasteiger partial charge in [0.05, 0.1) is 17.4 Å². The normalized spacial score (nSPS) is 12.1. The lowest BCUT2D eigenvalue weighted by molar-refractivity contribution is 0.0945. The van der Waals surface area contributed by atoms with E-state index in [-0.39, 0.29) is 5.91 Å². The van der Waals surface area contributed by atoms with Crippen LogP contribution in [0.4, 0.5) is 0 Å². The molecule has 0 spiro atoms. The molecule has 1 aromatic carbocycles. The number of aliphatic hydroxyl groups is 1. The Bertz CT molecular complexity index is 539. The fraction of sp³-hybridized carbons (Fsp3) is 0.333. The summed E-state index contributed by atoms with van der Waals surface area (Å²) in [4.78, 5) is 12.1. The van der Waals surface area contributed by atoms with Crippen LogP contribution in [0.3, 0.4) is 0 Å². The van der Waals surface area contributed by atoms with Crippen LogP contribution in [0.5, 0.6) is 0 Å². The lowest BCUT2D eigenvalue weighted by Gasteiger charge is -2.10. The number of hydrogen-bond donors (Lipinski definition) is 2. The molecule has 0 saturated carbocycles. The van der Waals surface area contributed by atoms with Crippen molar-refractivity contribution < 1.29 is 9.90 Å². The molecule has 1 amide bonds. The van der Waals surface area contributed by atoms with Crippen molar-refractivity contribution in [1.82, 2.24) is 25.5 Å². The van der Waals surface area contributed by atoms with Gasteiger partial charge in [-0.3, -0.25) is 4.79 Å². The number of carbonyl (C=O) groups is 1. The van der Waals surface area contributed by atoms with E-state index in [9.17, 15) is 4.79 Å². The van der Waals surface area contributed by atoms with Crippen molar-refractivity contribution in [3.8, 4) is 5.69 Å². The number of tetrazole rings is 1. The zero-order valence-corrected chi connectivity index (χ0v) is 10.5. The Morgan fingerprint density at radius 1 is 1.47 bits per heavy atom. The molecule has 2 N–H and O–H groups in total. The SMILES string of the molecule is CC(O)CCNC(=O)c1ccccc1-n1cnnn1. The molecular formula is C12H15N5O2. The monoisotopic (exact) mass is 261 g/mol. The molecule has 0 saturated heterocycles. The third-order valence-electron chi connectivity index (χ3n) is 2.59. The number of amides is 1. The standard InChI is InChI=1S/C12H15N5O2/c1-9(18)6-7-13-12(19)10-4-2-3-5-11(10)17-8-14-15-16-17/h2-5,8-9,18H,6-7H2,1H3,(H,13,19). The van der Waals surface area contributed by atoms with E-state index in [1.807, 2.05) is 6.07 Å². The number of nitrogens with zero attached hydrogens (tertiary/aromatic N) is 4. The summed E-state index contributed by atoms with van der Waals surface area (Å²) >= 11 is 0. The van der Waals surface area contributed by atoms with E-state index in [1.54, 1.807) is 25.1 Å². The zero-order chi connectivity index (χ0) is 13.7. The second-order valence-corrected chi connectivity index (χ2v) is 4.17. The Hall–Kier alpha value is -2.28. The van der Waals surface area contributed by atoms with Crippen LogP contribution in [-0.4, -0.2) is 43.9 Å². The van der Waals surface area contributed by atoms with Crippen LogP contribution in [0.2, 0.25) is 0 Å². The molecule has 7 heteroatoms. The number of rotatable bonds is 5. The first-order chi connectivity index (χ1) is 9.18. The third-order valence-corrected chi connectivity index (χ3v) is 2.59. The van der Waals surface area contributed by atoms with Crippen LogP contribution < -0.4 is 5.32 Å². The molecule has 1 unspecified atom stereocenters. The summed E-state index contributed by atoms with van der Waals surface area (Å²) in [5.41, 5.74) is 1.10. The first kappa shape index (κ1) is 13.2. The molecule has 0 aliphatic rings. The number of benzene rings is 1. The molecule has 19 heavy (non-hydrogen) atoms. The highest BCUT2D eigenvalue weighted by molar-refractivity contribution is 5.97. The van der Waals surface area contributed by atoms with Gasteiger partial charge in [-0.25, -0.2) is 0 Å². The summed E-state index contributed by atoms with van der Waals surface area (Å²) in [6.07, 6.45) is 1.51. The van der Waals surface area contributed by atoms with E-state index in [2.05, 4.69) is 20.8 Å². The Kier molecular flexibility index (Phi) is 4.19. The van der Waals surface area contributed by atoms with Gasteiger partial charge >= 0.3 is 0 Å². The van der Waals surface area contributed by atoms with Gasteiger partial charge in [-0.15, -0.1) is 5.10 Å². The van der Waals surface area contributed by atoms with Crippen molar-refractivity contribution in [2.75, 3.05) is 6.54 Å². The summed E-state index contributed by atoms with van der Waals surface area (Å²) in [6, 6.07) is 7.05. The Morgan fingerprint density at radius 3 is 2.95 bits per heavy atom. The van der Waals surface area contributed by atoms with Crippen molar-refractivity contribution in [3.63, 3.8) is 0 Å². The van der Waals surface area contributed by atoms with Crippen molar-refractivity contribution in [3.05, 3.63) is 36.2 Å². The minimum absolute atomic E-state index is 0.216. The van der Waals surface area contributed by atoms with Crippen LogP contribution in [0.25, 0.3) is 5.69 Å². The van der Waals surface area contributed by atoms with Gasteiger partial charge in [-0.1, -0.05) is 12.1 Å². The van der Waals surface area contributed by atoms with Crippen molar-refractivity contribution >= 4 is 5.91 Å². The molecule has 7 nitrogen and oxygen atoms in total. The second-order valence-electron chi connectivity index (χ2n) is 4.17. The maximum atomic E-state index is 12.1. The maximum Gasteiger partial charge on any atom is 0.253 e. The molecule has 0 bridgehead atoms. The number of carbonyl (C=O) groups excluding carboxylic acids is 1. The fourth-order valence-corrected chi connectivity index (χ4v) is 1.63. The number of nitrogens with one attached hydrogen (secondary N) is 1. The molecule has 2 aromatic rings. The predicted octanol–water partition coefficient (Wildman–Crippen LogP) is 0.163. The van der Waals surface area contributed by atoms with E-state index in [1.165, 1.54) is 11.0 Å². The molecule has 0 fully saturated rings. The number of para-hydroxylation sites is 1. The second kappa shape index (κ2) is 6.05. The van der Waals surface area contributed by atoms with Crippen LogP contribution in [-0.2, 0) is 0 Å². The summed E-state index contributed by atoms with van der Waals surface area (Å²) in [6.45, 7) is 2.10. The molecular weight excluding hydrogens is 246 g/mol. The first-order valence-electron chi connectivity index (χ1n) is 5.97. The summed E-state index contributed by atoms with van der Waals surface area (Å²) in [5, 5.41) is 22.8. The largest absolute Gasteiger partial charge is 0.393 e. The fourth-order valence-electron chi connectivity index (χ4n) is 1.63. The van der Waals surface area contributed by atoms with Crippen LogP contribution >= 0.6 is 0 Å². The lowest BCUT2D eigenvalue weighted by Crippen LogP contribution is -2.27. The summed E-state index contributed by atoms with van der Waals surface area (Å²) in [7, 11) is 0. The molecule has 0 radical (unpaired) electrons. The highest BCUT2D eigenvalue weighted by Gasteiger charge is 2.12. The van der Waals surface area contributed by atoms with Crippen molar-refractivity contribution in [2.45, 2.75) is 19.4 Å². The van der Waals surface area contributed by atoms with Crippen molar-refractivity contribution in [1.29, 1.82) is 0 Å². The molecule has 1 aromatic heterocycles. The van der Waals surface area contributed by atoms with E-state index in [0.717, 1.165) is 0 Å². The summed E-state index contributed by atoms with van der Waals surface area (Å²) < 4.78 is 1.43. The van der Waals surface area contributed by atoms with Gasteiger partial charge in [0.1, 0.15) is 6.33 Å². The smallest absolute Gasteiger partial charge is 0.253 e. The quantitative estimate of drug-likeness (QED) is 0.800. The van der Waals surface area contributed by atoms with Crippen LogP contribution in [0.1, 0.15) is 23.7 Å². The molecule has 1 heterocycles. The molecule has 0 aliphatic carbocycles. The maximum absolute atomic E-state index is 12.1. The van der Waals surface area contributed by atoms with Crippen LogP contribution in [0.15, 0.2) is 30.6 Å². The topological polar surface area (TPSA) is 92.9 Å². The molecule has 0 aliphatic heterocycles. The van der Waals surface area contributed by atoms with Gasteiger partial charge in [-0.05, 0) is 35.9 Å². The number of hydrogen-bond acceptors (Lipinski definition) is 5. The van der Waals surface area contributed by atoms with Crippen LogP contribution in [0, 0.1) is 0 Å². The van der Waals surface area contributed by atoms with Gasteiger partial charge in [0.2, 0.25) is 0 Å². The molecule has 100 valence electrons. The van der Waals surface area contributed by atoms with E-state index < -0.39 is 6.10 Å². The third kappa shape index (κ3) is 3.35. The Balaban J connectivity index is 2.14. The first-order valence-corrected chi connectivity index (χ1v) is 5.97. The average Bonchev–Trinajstić information content (AvgIpc) is 2.92. The average molecular weight is 261 g/mol. The Morgan fingerprint density at radius 2 is 2.26 bits per heavy atom. The number of aliphatic hydroxyl groups excluding tert-OH is 1. The van der Waals surface area contributed by atoms with Gasteiger partial charge in [-0.2, -0.15) is 4.68 Å². The summed E-state index contributed by atoms with van der Waals surface area (Å²) in [5.74, 6) is -0.216. The van der Waals surface area contributed by atoms with Gasteiger partial charge in [0, 0.05) is 6.54 Å². The van der Waals surface area contributed by atoms with E-state index in [0.29, 0.717) is 24.2 Å². The Labute approximate surface area is 110 Å². The predicted molar refractivity (Wildman–Crippen MR) is 67.8 cm³/mol. The van der Waals surface area contributed by atoms with Gasteiger partial charge < -0.3 is 10.4 Å². The van der Waals surface area contributed by atoms with E-state index in [4.69, 9.17) is 5.11 Å². The van der Waals surface area contributed by atoms with E-state index >= 15 is 0 Å². The zero-order valence-electron chi connectivity index (χ0n) is 10.5. The lowest BCUT2D eigenvalue weighted by atomic mass is 10.1. The molecule has 1 atom stereocenters. The van der Waals surface area contributed by atoms with Gasteiger partial charge in [0.15, 0.2) is 0 Å². The minimum atomic E-state index is -0.435.